The van der Waals surface area contributed by atoms with Crippen molar-refractivity contribution in [3.8, 4) is 0 Å². The van der Waals surface area contributed by atoms with E-state index in [2.05, 4.69) is 33.0 Å². The molecule has 0 aliphatic heterocycles. The van der Waals surface area contributed by atoms with Gasteiger partial charge in [0.15, 0.2) is 5.78 Å². The van der Waals surface area contributed by atoms with Gasteiger partial charge in [-0.2, -0.15) is 0 Å². The summed E-state index contributed by atoms with van der Waals surface area (Å²) < 4.78 is 0. The van der Waals surface area contributed by atoms with E-state index in [-0.39, 0.29) is 17.6 Å². The Bertz CT molecular complexity index is 663. The predicted molar refractivity (Wildman–Crippen MR) is 105 cm³/mol. The number of ketones is 1. The number of benzene rings is 1. The lowest BCUT2D eigenvalue weighted by atomic mass is 10.1. The highest BCUT2D eigenvalue weighted by molar-refractivity contribution is 6.07. The molecule has 0 radical (unpaired) electrons. The first-order valence-corrected chi connectivity index (χ1v) is 8.99. The number of Topliss-reactive ketones (excluding diaryl/α,β-unsaturated/α-hetero) is 1. The van der Waals surface area contributed by atoms with E-state index in [1.165, 1.54) is 13.0 Å². The van der Waals surface area contributed by atoms with Gasteiger partial charge >= 0.3 is 0 Å². The van der Waals surface area contributed by atoms with Crippen LogP contribution in [0.4, 0.5) is 5.69 Å². The number of nitrogens with one attached hydrogen (secondary N) is 1. The third-order valence-corrected chi connectivity index (χ3v) is 3.73. The van der Waals surface area contributed by atoms with Crippen LogP contribution < -0.4 is 5.32 Å². The summed E-state index contributed by atoms with van der Waals surface area (Å²) in [6.45, 7) is 12.7. The predicted octanol–water partition coefficient (Wildman–Crippen LogP) is 3.91. The molecular formula is C21H30N2O3. The molecule has 1 aromatic rings. The quantitative estimate of drug-likeness (QED) is 0.566. The molecule has 0 aliphatic carbocycles. The summed E-state index contributed by atoms with van der Waals surface area (Å²) in [5, 5.41) is 2.74. The van der Waals surface area contributed by atoms with Crippen LogP contribution in [0.1, 0.15) is 51.9 Å². The fourth-order valence-electron chi connectivity index (χ4n) is 2.50. The molecular weight excluding hydrogens is 328 g/mol. The van der Waals surface area contributed by atoms with E-state index in [1.54, 1.807) is 36.1 Å². The van der Waals surface area contributed by atoms with E-state index in [9.17, 15) is 14.4 Å². The van der Waals surface area contributed by atoms with Crippen molar-refractivity contribution < 1.29 is 14.4 Å². The van der Waals surface area contributed by atoms with E-state index in [1.807, 2.05) is 0 Å². The van der Waals surface area contributed by atoms with Crippen LogP contribution in [0.3, 0.4) is 0 Å². The minimum absolute atomic E-state index is 0.0278. The standard InChI is InChI=1S/C21H30N2O3/c1-14(2)12-23(13-15(3)4)20(25)11-16(5)21(26)22-19-9-7-18(8-10-19)17(6)24/h7-11,14-15H,12-13H2,1-6H3,(H,22,26)/b16-11-. The molecule has 0 bridgehead atoms. The van der Waals surface area contributed by atoms with Crippen molar-refractivity contribution in [2.75, 3.05) is 18.4 Å². The largest absolute Gasteiger partial charge is 0.339 e. The van der Waals surface area contributed by atoms with Crippen LogP contribution in [-0.2, 0) is 9.59 Å². The van der Waals surface area contributed by atoms with E-state index in [0.717, 1.165) is 0 Å². The van der Waals surface area contributed by atoms with Crippen molar-refractivity contribution >= 4 is 23.3 Å². The molecule has 1 aromatic carbocycles. The lowest BCUT2D eigenvalue weighted by molar-refractivity contribution is -0.127. The van der Waals surface area contributed by atoms with Gasteiger partial charge < -0.3 is 10.2 Å². The SMILES string of the molecule is CC(=O)c1ccc(NC(=O)/C(C)=C\C(=O)N(CC(C)C)CC(C)C)cc1. The highest BCUT2D eigenvalue weighted by atomic mass is 16.2. The van der Waals surface area contributed by atoms with Crippen molar-refractivity contribution in [2.24, 2.45) is 11.8 Å². The second-order valence-corrected chi connectivity index (χ2v) is 7.45. The number of rotatable bonds is 8. The maximum absolute atomic E-state index is 12.5. The number of anilines is 1. The van der Waals surface area contributed by atoms with Gasteiger partial charge in [0.2, 0.25) is 5.91 Å². The van der Waals surface area contributed by atoms with Crippen LogP contribution in [-0.4, -0.2) is 35.6 Å². The molecule has 0 atom stereocenters. The minimum atomic E-state index is -0.331. The number of carbonyl (C=O) groups excluding carboxylic acids is 3. The molecule has 0 spiro atoms. The molecule has 2 amide bonds. The van der Waals surface area contributed by atoms with Gasteiger partial charge in [-0.3, -0.25) is 14.4 Å². The Morgan fingerprint density at radius 1 is 0.962 bits per heavy atom. The zero-order valence-corrected chi connectivity index (χ0v) is 16.6. The van der Waals surface area contributed by atoms with Crippen molar-refractivity contribution in [1.82, 2.24) is 4.90 Å². The van der Waals surface area contributed by atoms with Crippen LogP contribution in [0.15, 0.2) is 35.9 Å². The second-order valence-electron chi connectivity index (χ2n) is 7.45. The highest BCUT2D eigenvalue weighted by Crippen LogP contribution is 2.12. The van der Waals surface area contributed by atoms with E-state index >= 15 is 0 Å². The van der Waals surface area contributed by atoms with Crippen LogP contribution >= 0.6 is 0 Å². The van der Waals surface area contributed by atoms with Gasteiger partial charge in [0.25, 0.3) is 5.91 Å². The minimum Gasteiger partial charge on any atom is -0.339 e. The Hall–Kier alpha value is -2.43. The topological polar surface area (TPSA) is 66.5 Å². The smallest absolute Gasteiger partial charge is 0.251 e. The summed E-state index contributed by atoms with van der Waals surface area (Å²) in [7, 11) is 0. The number of hydrogen-bond acceptors (Lipinski definition) is 3. The van der Waals surface area contributed by atoms with Gasteiger partial charge in [0.05, 0.1) is 0 Å². The van der Waals surface area contributed by atoms with E-state index in [0.29, 0.717) is 41.7 Å². The third-order valence-electron chi connectivity index (χ3n) is 3.73. The Labute approximate surface area is 156 Å². The highest BCUT2D eigenvalue weighted by Gasteiger charge is 2.16. The number of nitrogens with zero attached hydrogens (tertiary/aromatic N) is 1. The monoisotopic (exact) mass is 358 g/mol. The van der Waals surface area contributed by atoms with Crippen LogP contribution in [0, 0.1) is 11.8 Å². The Kier molecular flexibility index (Phi) is 8.23. The van der Waals surface area contributed by atoms with Gasteiger partial charge in [-0.1, -0.05) is 27.7 Å². The van der Waals surface area contributed by atoms with Gasteiger partial charge in [-0.15, -0.1) is 0 Å². The first-order chi connectivity index (χ1) is 12.1. The van der Waals surface area contributed by atoms with Crippen LogP contribution in [0.25, 0.3) is 0 Å². The molecule has 1 rings (SSSR count). The maximum atomic E-state index is 12.5. The molecule has 142 valence electrons. The second kappa shape index (κ2) is 9.90. The first kappa shape index (κ1) is 21.6. The summed E-state index contributed by atoms with van der Waals surface area (Å²) in [6.07, 6.45) is 1.39. The van der Waals surface area contributed by atoms with Gasteiger partial charge in [-0.05, 0) is 49.9 Å². The molecule has 26 heavy (non-hydrogen) atoms. The molecule has 0 unspecified atom stereocenters. The summed E-state index contributed by atoms with van der Waals surface area (Å²) in [5.74, 6) is 0.218. The number of amides is 2. The van der Waals surface area contributed by atoms with Crippen LogP contribution in [0.2, 0.25) is 0 Å². The van der Waals surface area contributed by atoms with Crippen molar-refractivity contribution in [2.45, 2.75) is 41.5 Å². The fraction of sp³-hybridized carbons (Fsp3) is 0.476. The summed E-state index contributed by atoms with van der Waals surface area (Å²) in [4.78, 5) is 37.9. The average Bonchev–Trinajstić information content (AvgIpc) is 2.53. The Balaban J connectivity index is 2.80. The molecule has 5 heteroatoms. The molecule has 0 aromatic heterocycles. The summed E-state index contributed by atoms with van der Waals surface area (Å²) >= 11 is 0. The van der Waals surface area contributed by atoms with Crippen molar-refractivity contribution in [1.29, 1.82) is 0 Å². The average molecular weight is 358 g/mol. The molecule has 0 heterocycles. The van der Waals surface area contributed by atoms with Gasteiger partial charge in [-0.25, -0.2) is 0 Å². The molecule has 0 saturated carbocycles. The lowest BCUT2D eigenvalue weighted by Crippen LogP contribution is -2.36. The molecule has 0 aliphatic rings. The Morgan fingerprint density at radius 2 is 1.46 bits per heavy atom. The number of hydrogen-bond donors (Lipinski definition) is 1. The zero-order valence-electron chi connectivity index (χ0n) is 16.6. The van der Waals surface area contributed by atoms with Crippen LogP contribution in [0.5, 0.6) is 0 Å². The first-order valence-electron chi connectivity index (χ1n) is 8.99. The van der Waals surface area contributed by atoms with E-state index in [4.69, 9.17) is 0 Å². The van der Waals surface area contributed by atoms with Gasteiger partial charge in [0, 0.05) is 36.0 Å². The fourth-order valence-corrected chi connectivity index (χ4v) is 2.50. The van der Waals surface area contributed by atoms with Gasteiger partial charge in [0.1, 0.15) is 0 Å². The van der Waals surface area contributed by atoms with E-state index < -0.39 is 0 Å². The maximum Gasteiger partial charge on any atom is 0.251 e. The molecule has 0 saturated heterocycles. The lowest BCUT2D eigenvalue weighted by Gasteiger charge is -2.25. The summed E-state index contributed by atoms with van der Waals surface area (Å²) in [6, 6.07) is 6.67. The van der Waals surface area contributed by atoms with Crippen molar-refractivity contribution in [3.63, 3.8) is 0 Å². The number of carbonyl (C=O) groups is 3. The molecule has 0 fully saturated rings. The zero-order chi connectivity index (χ0) is 19.9. The Morgan fingerprint density at radius 3 is 1.88 bits per heavy atom. The normalized spacial score (nSPS) is 11.6. The third kappa shape index (κ3) is 7.21. The van der Waals surface area contributed by atoms with Crippen molar-refractivity contribution in [3.05, 3.63) is 41.5 Å². The summed E-state index contributed by atoms with van der Waals surface area (Å²) in [5.41, 5.74) is 1.52. The molecule has 1 N–H and O–H groups in total. The molecule has 5 nitrogen and oxygen atoms in total.